The highest BCUT2D eigenvalue weighted by molar-refractivity contribution is 9.10. The van der Waals surface area contributed by atoms with Crippen LogP contribution in [0.15, 0.2) is 22.7 Å². The summed E-state index contributed by atoms with van der Waals surface area (Å²) in [5.41, 5.74) is 0.614. The number of benzene rings is 1. The third-order valence-corrected chi connectivity index (χ3v) is 3.62. The highest BCUT2D eigenvalue weighted by Crippen LogP contribution is 2.22. The number of carbonyl (C=O) groups excluding carboxylic acids is 1. The summed E-state index contributed by atoms with van der Waals surface area (Å²) in [6.45, 7) is 2.53. The van der Waals surface area contributed by atoms with Gasteiger partial charge >= 0.3 is 0 Å². The van der Waals surface area contributed by atoms with Crippen molar-refractivity contribution in [1.82, 2.24) is 4.90 Å². The van der Waals surface area contributed by atoms with Gasteiger partial charge in [-0.15, -0.1) is 0 Å². The van der Waals surface area contributed by atoms with Crippen molar-refractivity contribution in [2.75, 3.05) is 19.6 Å². The standard InChI is InChI=1S/C12H13BrClNO/c13-9-3-4-11(14)10(7-9)12(16)8-15-5-1-2-6-15/h3-4,7H,1-2,5-6,8H2. The van der Waals surface area contributed by atoms with Crippen molar-refractivity contribution in [2.45, 2.75) is 12.8 Å². The van der Waals surface area contributed by atoms with E-state index in [1.54, 1.807) is 12.1 Å². The number of hydrogen-bond acceptors (Lipinski definition) is 2. The maximum atomic E-state index is 12.0. The molecule has 0 N–H and O–H groups in total. The molecule has 1 aromatic carbocycles. The summed E-state index contributed by atoms with van der Waals surface area (Å²) in [7, 11) is 0. The molecule has 0 bridgehead atoms. The second-order valence-electron chi connectivity index (χ2n) is 4.03. The van der Waals surface area contributed by atoms with Crippen molar-refractivity contribution in [3.63, 3.8) is 0 Å². The molecule has 0 amide bonds. The number of ketones is 1. The quantitative estimate of drug-likeness (QED) is 0.798. The van der Waals surface area contributed by atoms with Gasteiger partial charge in [-0.2, -0.15) is 0 Å². The SMILES string of the molecule is O=C(CN1CCCC1)c1cc(Br)ccc1Cl. The number of rotatable bonds is 3. The molecule has 0 spiro atoms. The molecule has 1 heterocycles. The number of likely N-dealkylation sites (tertiary alicyclic amines) is 1. The highest BCUT2D eigenvalue weighted by atomic mass is 79.9. The van der Waals surface area contributed by atoms with E-state index < -0.39 is 0 Å². The summed E-state index contributed by atoms with van der Waals surface area (Å²) in [4.78, 5) is 14.2. The number of nitrogens with zero attached hydrogens (tertiary/aromatic N) is 1. The van der Waals surface area contributed by atoms with Gasteiger partial charge in [-0.05, 0) is 44.1 Å². The molecule has 0 atom stereocenters. The molecule has 1 fully saturated rings. The Balaban J connectivity index is 2.10. The normalized spacial score (nSPS) is 16.6. The van der Waals surface area contributed by atoms with Crippen LogP contribution in [0.2, 0.25) is 5.02 Å². The van der Waals surface area contributed by atoms with E-state index in [0.29, 0.717) is 17.1 Å². The minimum atomic E-state index is 0.105. The first-order valence-corrected chi connectivity index (χ1v) is 6.54. The number of hydrogen-bond donors (Lipinski definition) is 0. The van der Waals surface area contributed by atoms with E-state index in [0.717, 1.165) is 17.6 Å². The molecule has 0 unspecified atom stereocenters. The minimum Gasteiger partial charge on any atom is -0.296 e. The molecule has 16 heavy (non-hydrogen) atoms. The topological polar surface area (TPSA) is 20.3 Å². The lowest BCUT2D eigenvalue weighted by atomic mass is 10.1. The van der Waals surface area contributed by atoms with Crippen molar-refractivity contribution in [2.24, 2.45) is 0 Å². The van der Waals surface area contributed by atoms with Crippen LogP contribution in [0.3, 0.4) is 0 Å². The Labute approximate surface area is 109 Å². The van der Waals surface area contributed by atoms with Crippen LogP contribution >= 0.6 is 27.5 Å². The maximum Gasteiger partial charge on any atom is 0.178 e. The molecule has 0 aliphatic carbocycles. The van der Waals surface area contributed by atoms with Crippen LogP contribution in [0.5, 0.6) is 0 Å². The van der Waals surface area contributed by atoms with E-state index in [2.05, 4.69) is 20.8 Å². The lowest BCUT2D eigenvalue weighted by molar-refractivity contribution is 0.0945. The molecule has 1 saturated heterocycles. The Kier molecular flexibility index (Phi) is 4.00. The van der Waals surface area contributed by atoms with Gasteiger partial charge in [0.1, 0.15) is 0 Å². The molecule has 2 nitrogen and oxygen atoms in total. The van der Waals surface area contributed by atoms with Gasteiger partial charge in [0.05, 0.1) is 11.6 Å². The molecular formula is C12H13BrClNO. The molecule has 0 radical (unpaired) electrons. The first-order valence-electron chi connectivity index (χ1n) is 5.37. The molecule has 1 aliphatic heterocycles. The van der Waals surface area contributed by atoms with Gasteiger partial charge in [-0.25, -0.2) is 0 Å². The predicted octanol–water partition coefficient (Wildman–Crippen LogP) is 3.38. The molecule has 0 saturated carbocycles. The van der Waals surface area contributed by atoms with Crippen molar-refractivity contribution >= 4 is 33.3 Å². The van der Waals surface area contributed by atoms with Crippen molar-refractivity contribution in [3.8, 4) is 0 Å². The average Bonchev–Trinajstić information content (AvgIpc) is 2.74. The zero-order valence-corrected chi connectivity index (χ0v) is 11.2. The Morgan fingerprint density at radius 1 is 1.38 bits per heavy atom. The molecule has 0 aromatic heterocycles. The molecule has 2 rings (SSSR count). The van der Waals surface area contributed by atoms with E-state index in [-0.39, 0.29) is 5.78 Å². The summed E-state index contributed by atoms with van der Waals surface area (Å²) in [5.74, 6) is 0.105. The van der Waals surface area contributed by atoms with Gasteiger partial charge in [0.25, 0.3) is 0 Å². The number of carbonyl (C=O) groups is 1. The van der Waals surface area contributed by atoms with Crippen LogP contribution < -0.4 is 0 Å². The van der Waals surface area contributed by atoms with Gasteiger partial charge in [-0.1, -0.05) is 27.5 Å². The van der Waals surface area contributed by atoms with Gasteiger partial charge < -0.3 is 0 Å². The second-order valence-corrected chi connectivity index (χ2v) is 5.35. The zero-order chi connectivity index (χ0) is 11.5. The minimum absolute atomic E-state index is 0.105. The van der Waals surface area contributed by atoms with Crippen LogP contribution in [0.25, 0.3) is 0 Å². The van der Waals surface area contributed by atoms with Crippen molar-refractivity contribution < 1.29 is 4.79 Å². The first-order chi connectivity index (χ1) is 7.66. The Bertz CT molecular complexity index is 402. The van der Waals surface area contributed by atoms with Gasteiger partial charge in [0.15, 0.2) is 5.78 Å². The third kappa shape index (κ3) is 2.84. The summed E-state index contributed by atoms with van der Waals surface area (Å²) >= 11 is 9.37. The maximum absolute atomic E-state index is 12.0. The van der Waals surface area contributed by atoms with Gasteiger partial charge in [0, 0.05) is 10.0 Å². The summed E-state index contributed by atoms with van der Waals surface area (Å²) < 4.78 is 0.890. The summed E-state index contributed by atoms with van der Waals surface area (Å²) in [6.07, 6.45) is 2.39. The second kappa shape index (κ2) is 5.30. The van der Waals surface area contributed by atoms with Crippen LogP contribution in [-0.2, 0) is 0 Å². The van der Waals surface area contributed by atoms with Crippen LogP contribution in [0.1, 0.15) is 23.2 Å². The largest absolute Gasteiger partial charge is 0.296 e. The Morgan fingerprint density at radius 2 is 2.06 bits per heavy atom. The molecule has 1 aliphatic rings. The zero-order valence-electron chi connectivity index (χ0n) is 8.88. The van der Waals surface area contributed by atoms with E-state index in [9.17, 15) is 4.79 Å². The first kappa shape index (κ1) is 12.1. The van der Waals surface area contributed by atoms with Gasteiger partial charge in [0.2, 0.25) is 0 Å². The van der Waals surface area contributed by atoms with Crippen molar-refractivity contribution in [3.05, 3.63) is 33.3 Å². The third-order valence-electron chi connectivity index (χ3n) is 2.79. The predicted molar refractivity (Wildman–Crippen MR) is 69.2 cm³/mol. The lowest BCUT2D eigenvalue weighted by Gasteiger charge is -2.13. The Morgan fingerprint density at radius 3 is 2.75 bits per heavy atom. The lowest BCUT2D eigenvalue weighted by Crippen LogP contribution is -2.27. The molecule has 86 valence electrons. The fourth-order valence-electron chi connectivity index (χ4n) is 1.94. The van der Waals surface area contributed by atoms with Gasteiger partial charge in [-0.3, -0.25) is 9.69 Å². The molecular weight excluding hydrogens is 289 g/mol. The number of halogens is 2. The smallest absolute Gasteiger partial charge is 0.178 e. The number of Topliss-reactive ketones (excluding diaryl/α,β-unsaturated/α-hetero) is 1. The van der Waals surface area contributed by atoms with E-state index in [1.165, 1.54) is 12.8 Å². The highest BCUT2D eigenvalue weighted by Gasteiger charge is 2.18. The summed E-state index contributed by atoms with van der Waals surface area (Å²) in [5, 5.41) is 0.535. The van der Waals surface area contributed by atoms with E-state index in [1.807, 2.05) is 6.07 Å². The fraction of sp³-hybridized carbons (Fsp3) is 0.417. The molecule has 1 aromatic rings. The van der Waals surface area contributed by atoms with E-state index >= 15 is 0 Å². The van der Waals surface area contributed by atoms with E-state index in [4.69, 9.17) is 11.6 Å². The summed E-state index contributed by atoms with van der Waals surface area (Å²) in [6, 6.07) is 5.39. The van der Waals surface area contributed by atoms with Crippen LogP contribution in [0.4, 0.5) is 0 Å². The van der Waals surface area contributed by atoms with Crippen LogP contribution in [0, 0.1) is 0 Å². The van der Waals surface area contributed by atoms with Crippen molar-refractivity contribution in [1.29, 1.82) is 0 Å². The fourth-order valence-corrected chi connectivity index (χ4v) is 2.52. The Hall–Kier alpha value is -0.380. The monoisotopic (exact) mass is 301 g/mol. The average molecular weight is 303 g/mol. The molecule has 4 heteroatoms. The van der Waals surface area contributed by atoms with Crippen LogP contribution in [-0.4, -0.2) is 30.3 Å².